The van der Waals surface area contributed by atoms with E-state index in [0.717, 1.165) is 23.0 Å². The number of anilines is 1. The number of benzene rings is 2. The van der Waals surface area contributed by atoms with E-state index in [1.807, 2.05) is 36.4 Å². The normalized spacial score (nSPS) is 15.1. The summed E-state index contributed by atoms with van der Waals surface area (Å²) in [5, 5.41) is 20.7. The zero-order chi connectivity index (χ0) is 23.7. The fraction of sp³-hybridized carbons (Fsp3) is 0.333. The van der Waals surface area contributed by atoms with Gasteiger partial charge in [-0.2, -0.15) is 18.2 Å². The van der Waals surface area contributed by atoms with Crippen molar-refractivity contribution in [2.24, 2.45) is 5.92 Å². The first-order chi connectivity index (χ1) is 16.4. The second kappa shape index (κ2) is 9.11. The number of hydrogen-bond donors (Lipinski definition) is 3. The van der Waals surface area contributed by atoms with Crippen molar-refractivity contribution >= 4 is 16.6 Å². The molecule has 1 unspecified atom stereocenters. The first kappa shape index (κ1) is 22.4. The molecule has 5 rings (SSSR count). The minimum Gasteiger partial charge on any atom is -0.380 e. The molecule has 4 aromatic rings. The van der Waals surface area contributed by atoms with Crippen molar-refractivity contribution in [1.82, 2.24) is 20.0 Å². The molecule has 1 aliphatic rings. The summed E-state index contributed by atoms with van der Waals surface area (Å²) in [6.45, 7) is -0.522. The van der Waals surface area contributed by atoms with Crippen LogP contribution in [0.15, 0.2) is 59.1 Å². The Balaban J connectivity index is 1.45. The summed E-state index contributed by atoms with van der Waals surface area (Å²) < 4.78 is 46.8. The van der Waals surface area contributed by atoms with Crippen LogP contribution < -0.4 is 10.6 Å². The molecule has 0 radical (unpaired) electrons. The Bertz CT molecular complexity index is 1260. The highest BCUT2D eigenvalue weighted by molar-refractivity contribution is 5.96. The summed E-state index contributed by atoms with van der Waals surface area (Å²) in [6, 6.07) is 16.6. The third-order valence-corrected chi connectivity index (χ3v) is 5.84. The van der Waals surface area contributed by atoms with Gasteiger partial charge >= 0.3 is 6.18 Å². The fourth-order valence-electron chi connectivity index (χ4n) is 3.97. The SMILES string of the molecule is OC(NCc1nc(-c2cc3c(NCc4ccccc4)cccc3n2CC(F)(F)F)no1)C1CC1. The lowest BCUT2D eigenvalue weighted by Gasteiger charge is -2.12. The number of aliphatic hydroxyl groups excluding tert-OH is 1. The molecule has 1 aliphatic carbocycles. The molecule has 0 saturated heterocycles. The molecule has 178 valence electrons. The summed E-state index contributed by atoms with van der Waals surface area (Å²) >= 11 is 0. The lowest BCUT2D eigenvalue weighted by Crippen LogP contribution is -2.30. The van der Waals surface area contributed by atoms with Gasteiger partial charge in [0.15, 0.2) is 0 Å². The Kier molecular flexibility index (Phi) is 6.01. The molecule has 1 atom stereocenters. The molecule has 10 heteroatoms. The molecule has 34 heavy (non-hydrogen) atoms. The van der Waals surface area contributed by atoms with E-state index < -0.39 is 18.9 Å². The quantitative estimate of drug-likeness (QED) is 0.307. The van der Waals surface area contributed by atoms with Gasteiger partial charge in [-0.05, 0) is 42.5 Å². The zero-order valence-electron chi connectivity index (χ0n) is 18.2. The van der Waals surface area contributed by atoms with Crippen molar-refractivity contribution in [3.05, 3.63) is 66.1 Å². The van der Waals surface area contributed by atoms with Gasteiger partial charge in [0.25, 0.3) is 0 Å². The van der Waals surface area contributed by atoms with Crippen LogP contribution in [0, 0.1) is 5.92 Å². The topological polar surface area (TPSA) is 88.1 Å². The molecule has 2 aromatic heterocycles. The second-order valence-corrected chi connectivity index (χ2v) is 8.48. The number of rotatable bonds is 9. The Hall–Kier alpha value is -3.37. The third kappa shape index (κ3) is 5.07. The first-order valence-electron chi connectivity index (χ1n) is 11.1. The number of nitrogens with zero attached hydrogens (tertiary/aromatic N) is 3. The maximum atomic E-state index is 13.5. The van der Waals surface area contributed by atoms with Gasteiger partial charge in [-0.3, -0.25) is 5.32 Å². The molecule has 3 N–H and O–H groups in total. The molecule has 0 aliphatic heterocycles. The smallest absolute Gasteiger partial charge is 0.380 e. The summed E-state index contributed by atoms with van der Waals surface area (Å²) in [5.74, 6) is 0.478. The van der Waals surface area contributed by atoms with Gasteiger partial charge in [0.2, 0.25) is 11.7 Å². The second-order valence-electron chi connectivity index (χ2n) is 8.48. The zero-order valence-corrected chi connectivity index (χ0v) is 18.2. The van der Waals surface area contributed by atoms with E-state index in [2.05, 4.69) is 20.8 Å². The number of aromatic nitrogens is 3. The minimum absolute atomic E-state index is 0.0622. The molecule has 0 spiro atoms. The Morgan fingerprint density at radius 1 is 1.09 bits per heavy atom. The summed E-state index contributed by atoms with van der Waals surface area (Å²) in [4.78, 5) is 4.28. The highest BCUT2D eigenvalue weighted by Crippen LogP contribution is 2.34. The van der Waals surface area contributed by atoms with Crippen LogP contribution in [0.1, 0.15) is 24.3 Å². The van der Waals surface area contributed by atoms with E-state index in [9.17, 15) is 18.3 Å². The van der Waals surface area contributed by atoms with Gasteiger partial charge in [-0.25, -0.2) is 0 Å². The molecule has 0 bridgehead atoms. The van der Waals surface area contributed by atoms with Crippen molar-refractivity contribution < 1.29 is 22.8 Å². The van der Waals surface area contributed by atoms with Crippen LogP contribution in [-0.4, -0.2) is 32.2 Å². The number of fused-ring (bicyclic) bond motifs is 1. The van der Waals surface area contributed by atoms with Gasteiger partial charge in [0.1, 0.15) is 12.8 Å². The van der Waals surface area contributed by atoms with Gasteiger partial charge < -0.3 is 19.5 Å². The number of halogens is 3. The maximum absolute atomic E-state index is 13.5. The van der Waals surface area contributed by atoms with Gasteiger partial charge in [-0.1, -0.05) is 41.6 Å². The highest BCUT2D eigenvalue weighted by atomic mass is 19.4. The lowest BCUT2D eigenvalue weighted by atomic mass is 10.2. The number of alkyl halides is 3. The Labute approximate surface area is 193 Å². The van der Waals surface area contributed by atoms with Crippen molar-refractivity contribution in [2.75, 3.05) is 5.32 Å². The standard InChI is InChI=1S/C24H24F3N5O2/c25-24(26,27)14-32-19-8-4-7-18(28-12-15-5-2-1-3-6-15)17(19)11-20(32)22-30-21(34-31-22)13-29-23(33)16-9-10-16/h1-8,11,16,23,28-29,33H,9-10,12-14H2. The first-order valence-corrected chi connectivity index (χ1v) is 11.1. The monoisotopic (exact) mass is 471 g/mol. The molecule has 2 aromatic carbocycles. The molecule has 0 amide bonds. The average Bonchev–Trinajstić information content (AvgIpc) is 3.47. The predicted molar refractivity (Wildman–Crippen MR) is 121 cm³/mol. The molecule has 1 fully saturated rings. The molecule has 2 heterocycles. The highest BCUT2D eigenvalue weighted by Gasteiger charge is 2.32. The summed E-state index contributed by atoms with van der Waals surface area (Å²) in [7, 11) is 0. The van der Waals surface area contributed by atoms with Crippen LogP contribution in [0.2, 0.25) is 0 Å². The molecule has 7 nitrogen and oxygen atoms in total. The van der Waals surface area contributed by atoms with E-state index >= 15 is 0 Å². The van der Waals surface area contributed by atoms with Gasteiger partial charge in [-0.15, -0.1) is 0 Å². The van der Waals surface area contributed by atoms with Crippen molar-refractivity contribution in [1.29, 1.82) is 0 Å². The van der Waals surface area contributed by atoms with Gasteiger partial charge in [0.05, 0.1) is 17.8 Å². The van der Waals surface area contributed by atoms with Crippen LogP contribution in [0.5, 0.6) is 0 Å². The fourth-order valence-corrected chi connectivity index (χ4v) is 3.97. The van der Waals surface area contributed by atoms with E-state index in [1.54, 1.807) is 18.2 Å². The molecular weight excluding hydrogens is 447 g/mol. The lowest BCUT2D eigenvalue weighted by molar-refractivity contribution is -0.139. The number of hydrogen-bond acceptors (Lipinski definition) is 6. The number of aliphatic hydroxyl groups is 1. The number of nitrogens with one attached hydrogen (secondary N) is 2. The third-order valence-electron chi connectivity index (χ3n) is 5.84. The predicted octanol–water partition coefficient (Wildman–Crippen LogP) is 4.68. The van der Waals surface area contributed by atoms with Crippen LogP contribution in [0.25, 0.3) is 22.4 Å². The summed E-state index contributed by atoms with van der Waals surface area (Å²) in [6.07, 6.45) is -3.18. The Morgan fingerprint density at radius 3 is 2.62 bits per heavy atom. The maximum Gasteiger partial charge on any atom is 0.406 e. The van der Waals surface area contributed by atoms with Crippen LogP contribution in [0.4, 0.5) is 18.9 Å². The van der Waals surface area contributed by atoms with Gasteiger partial charge in [0, 0.05) is 17.6 Å². The average molecular weight is 471 g/mol. The summed E-state index contributed by atoms with van der Waals surface area (Å²) in [5.41, 5.74) is 2.39. The van der Waals surface area contributed by atoms with Crippen LogP contribution in [-0.2, 0) is 19.6 Å². The van der Waals surface area contributed by atoms with Crippen LogP contribution in [0.3, 0.4) is 0 Å². The van der Waals surface area contributed by atoms with Crippen molar-refractivity contribution in [3.8, 4) is 11.5 Å². The van der Waals surface area contributed by atoms with Crippen LogP contribution >= 0.6 is 0 Å². The minimum atomic E-state index is -4.43. The van der Waals surface area contributed by atoms with E-state index in [0.29, 0.717) is 23.1 Å². The molecule has 1 saturated carbocycles. The van der Waals surface area contributed by atoms with E-state index in [4.69, 9.17) is 4.52 Å². The van der Waals surface area contributed by atoms with Crippen molar-refractivity contribution in [2.45, 2.75) is 44.9 Å². The molecular formula is C24H24F3N5O2. The van der Waals surface area contributed by atoms with E-state index in [-0.39, 0.29) is 29.9 Å². The van der Waals surface area contributed by atoms with Crippen molar-refractivity contribution in [3.63, 3.8) is 0 Å². The van der Waals surface area contributed by atoms with E-state index in [1.165, 1.54) is 0 Å². The Morgan fingerprint density at radius 2 is 1.88 bits per heavy atom. The largest absolute Gasteiger partial charge is 0.406 e.